The maximum Gasteiger partial charge on any atom is 0.273 e. The third kappa shape index (κ3) is 4.41. The minimum atomic E-state index is -0.0447. The van der Waals surface area contributed by atoms with Crippen molar-refractivity contribution in [3.8, 4) is 0 Å². The number of aromatic nitrogens is 1. The first-order valence-electron chi connectivity index (χ1n) is 9.70. The summed E-state index contributed by atoms with van der Waals surface area (Å²) < 4.78 is 0. The summed E-state index contributed by atoms with van der Waals surface area (Å²) in [6, 6.07) is 11.8. The molecule has 3 aromatic rings. The standard InChI is InChI=1S/C22H22Cl2N4OS/c1-14-6-7-17(15(2)12-14)25-22-26-18(13-30-22)21(29)28-10-8-27(9-11-28)19-5-3-4-16(23)20(19)24/h3-7,12-13H,8-11H2,1-2H3,(H,25,26). The third-order valence-electron chi connectivity index (χ3n) is 5.19. The minimum absolute atomic E-state index is 0.0447. The Balaban J connectivity index is 1.39. The van der Waals surface area contributed by atoms with Crippen LogP contribution in [0.5, 0.6) is 0 Å². The number of nitrogens with one attached hydrogen (secondary N) is 1. The van der Waals surface area contributed by atoms with Gasteiger partial charge in [-0.2, -0.15) is 0 Å². The summed E-state index contributed by atoms with van der Waals surface area (Å²) in [4.78, 5) is 21.4. The summed E-state index contributed by atoms with van der Waals surface area (Å²) in [5.41, 5.74) is 4.74. The molecule has 0 radical (unpaired) electrons. The van der Waals surface area contributed by atoms with Gasteiger partial charge in [-0.1, -0.05) is 47.0 Å². The molecule has 8 heteroatoms. The van der Waals surface area contributed by atoms with Crippen LogP contribution in [0.4, 0.5) is 16.5 Å². The molecular formula is C22H22Cl2N4OS. The SMILES string of the molecule is Cc1ccc(Nc2nc(C(=O)N3CCN(c4cccc(Cl)c4Cl)CC3)cs2)c(C)c1. The number of anilines is 3. The molecule has 0 unspecified atom stereocenters. The fraction of sp³-hybridized carbons (Fsp3) is 0.273. The maximum absolute atomic E-state index is 12.9. The molecule has 1 aliphatic heterocycles. The van der Waals surface area contributed by atoms with Gasteiger partial charge < -0.3 is 15.1 Å². The molecule has 1 fully saturated rings. The number of hydrogen-bond acceptors (Lipinski definition) is 5. The molecule has 4 rings (SSSR count). The first-order chi connectivity index (χ1) is 14.4. The van der Waals surface area contributed by atoms with Gasteiger partial charge in [0.1, 0.15) is 5.69 Å². The van der Waals surface area contributed by atoms with Crippen molar-refractivity contribution in [1.29, 1.82) is 0 Å². The highest BCUT2D eigenvalue weighted by atomic mass is 35.5. The van der Waals surface area contributed by atoms with Crippen LogP contribution in [0.3, 0.4) is 0 Å². The number of nitrogens with zero attached hydrogens (tertiary/aromatic N) is 3. The highest BCUT2D eigenvalue weighted by Crippen LogP contribution is 2.33. The fourth-order valence-electron chi connectivity index (χ4n) is 3.55. The van der Waals surface area contributed by atoms with Crippen LogP contribution in [-0.2, 0) is 0 Å². The number of aryl methyl sites for hydroxylation is 2. The lowest BCUT2D eigenvalue weighted by Crippen LogP contribution is -2.49. The molecule has 1 amide bonds. The topological polar surface area (TPSA) is 48.5 Å². The smallest absolute Gasteiger partial charge is 0.273 e. The molecule has 5 nitrogen and oxygen atoms in total. The summed E-state index contributed by atoms with van der Waals surface area (Å²) in [7, 11) is 0. The molecule has 1 saturated heterocycles. The molecule has 156 valence electrons. The van der Waals surface area contributed by atoms with Gasteiger partial charge in [0.05, 0.1) is 15.7 Å². The largest absolute Gasteiger partial charge is 0.367 e. The van der Waals surface area contributed by atoms with E-state index in [9.17, 15) is 4.79 Å². The van der Waals surface area contributed by atoms with E-state index in [4.69, 9.17) is 23.2 Å². The maximum atomic E-state index is 12.9. The highest BCUT2D eigenvalue weighted by molar-refractivity contribution is 7.14. The Morgan fingerprint density at radius 2 is 1.87 bits per heavy atom. The van der Waals surface area contributed by atoms with Crippen molar-refractivity contribution in [2.24, 2.45) is 0 Å². The first-order valence-corrected chi connectivity index (χ1v) is 11.3. The number of thiazole rings is 1. The Bertz CT molecular complexity index is 1080. The lowest BCUT2D eigenvalue weighted by atomic mass is 10.1. The average molecular weight is 461 g/mol. The van der Waals surface area contributed by atoms with E-state index in [1.54, 1.807) is 6.07 Å². The predicted molar refractivity (Wildman–Crippen MR) is 126 cm³/mol. The van der Waals surface area contributed by atoms with Crippen LogP contribution in [0.2, 0.25) is 10.0 Å². The van der Waals surface area contributed by atoms with Crippen molar-refractivity contribution in [3.63, 3.8) is 0 Å². The number of amides is 1. The number of hydrogen-bond donors (Lipinski definition) is 1. The lowest BCUT2D eigenvalue weighted by molar-refractivity contribution is 0.0742. The van der Waals surface area contributed by atoms with E-state index in [2.05, 4.69) is 41.2 Å². The van der Waals surface area contributed by atoms with Crippen LogP contribution in [0.25, 0.3) is 0 Å². The second kappa shape index (κ2) is 8.84. The van der Waals surface area contributed by atoms with Crippen molar-refractivity contribution < 1.29 is 4.79 Å². The summed E-state index contributed by atoms with van der Waals surface area (Å²) >= 11 is 13.9. The zero-order valence-electron chi connectivity index (χ0n) is 16.8. The van der Waals surface area contributed by atoms with Crippen LogP contribution in [0, 0.1) is 13.8 Å². The summed E-state index contributed by atoms with van der Waals surface area (Å²) in [5, 5.41) is 6.95. The van der Waals surface area contributed by atoms with E-state index in [0.717, 1.165) is 22.1 Å². The van der Waals surface area contributed by atoms with Crippen molar-refractivity contribution in [2.75, 3.05) is 36.4 Å². The van der Waals surface area contributed by atoms with Crippen LogP contribution in [0.15, 0.2) is 41.8 Å². The quantitative estimate of drug-likeness (QED) is 0.536. The third-order valence-corrected chi connectivity index (χ3v) is 6.75. The molecule has 0 spiro atoms. The van der Waals surface area contributed by atoms with E-state index in [1.165, 1.54) is 16.9 Å². The van der Waals surface area contributed by atoms with E-state index >= 15 is 0 Å². The molecule has 0 saturated carbocycles. The summed E-state index contributed by atoms with van der Waals surface area (Å²) in [5.74, 6) is -0.0447. The average Bonchev–Trinajstić information content (AvgIpc) is 3.20. The number of rotatable bonds is 4. The Kier molecular flexibility index (Phi) is 6.18. The molecule has 30 heavy (non-hydrogen) atoms. The number of halogens is 2. The van der Waals surface area contributed by atoms with Gasteiger partial charge in [0.25, 0.3) is 5.91 Å². The van der Waals surface area contributed by atoms with Gasteiger partial charge in [-0.3, -0.25) is 4.79 Å². The molecule has 1 aliphatic rings. The molecule has 1 aromatic heterocycles. The molecule has 0 bridgehead atoms. The Morgan fingerprint density at radius 3 is 2.60 bits per heavy atom. The lowest BCUT2D eigenvalue weighted by Gasteiger charge is -2.36. The Labute approximate surface area is 190 Å². The summed E-state index contributed by atoms with van der Waals surface area (Å²) in [6.07, 6.45) is 0. The second-order valence-electron chi connectivity index (χ2n) is 7.33. The minimum Gasteiger partial charge on any atom is -0.367 e. The molecule has 2 aromatic carbocycles. The van der Waals surface area contributed by atoms with Crippen LogP contribution in [-0.4, -0.2) is 42.0 Å². The van der Waals surface area contributed by atoms with E-state index in [0.29, 0.717) is 41.9 Å². The van der Waals surface area contributed by atoms with Gasteiger partial charge in [-0.25, -0.2) is 4.98 Å². The van der Waals surface area contributed by atoms with Crippen molar-refractivity contribution in [1.82, 2.24) is 9.88 Å². The van der Waals surface area contributed by atoms with Crippen LogP contribution in [0.1, 0.15) is 21.6 Å². The second-order valence-corrected chi connectivity index (χ2v) is 8.98. The zero-order valence-corrected chi connectivity index (χ0v) is 19.1. The van der Waals surface area contributed by atoms with Gasteiger partial charge in [0.2, 0.25) is 0 Å². The van der Waals surface area contributed by atoms with Crippen molar-refractivity contribution in [3.05, 3.63) is 68.6 Å². The first kappa shape index (κ1) is 21.0. The summed E-state index contributed by atoms with van der Waals surface area (Å²) in [6.45, 7) is 6.74. The Morgan fingerprint density at radius 1 is 1.10 bits per heavy atom. The number of piperazine rings is 1. The van der Waals surface area contributed by atoms with Gasteiger partial charge in [0.15, 0.2) is 5.13 Å². The van der Waals surface area contributed by atoms with Crippen LogP contribution < -0.4 is 10.2 Å². The molecular weight excluding hydrogens is 439 g/mol. The molecule has 0 aliphatic carbocycles. The normalized spacial score (nSPS) is 14.1. The van der Waals surface area contributed by atoms with E-state index < -0.39 is 0 Å². The number of carbonyl (C=O) groups is 1. The predicted octanol–water partition coefficient (Wildman–Crippen LogP) is 5.77. The van der Waals surface area contributed by atoms with Crippen molar-refractivity contribution in [2.45, 2.75) is 13.8 Å². The monoisotopic (exact) mass is 460 g/mol. The van der Waals surface area contributed by atoms with Gasteiger partial charge >= 0.3 is 0 Å². The molecule has 1 N–H and O–H groups in total. The number of benzene rings is 2. The van der Waals surface area contributed by atoms with Crippen molar-refractivity contribution >= 4 is 57.0 Å². The van der Waals surface area contributed by atoms with E-state index in [1.807, 2.05) is 28.5 Å². The highest BCUT2D eigenvalue weighted by Gasteiger charge is 2.25. The molecule has 0 atom stereocenters. The Hall–Kier alpha value is -2.28. The van der Waals surface area contributed by atoms with Gasteiger partial charge in [-0.05, 0) is 37.6 Å². The van der Waals surface area contributed by atoms with Gasteiger partial charge in [0, 0.05) is 37.2 Å². The van der Waals surface area contributed by atoms with Crippen LogP contribution >= 0.6 is 34.5 Å². The van der Waals surface area contributed by atoms with Gasteiger partial charge in [-0.15, -0.1) is 11.3 Å². The molecule has 2 heterocycles. The number of carbonyl (C=O) groups excluding carboxylic acids is 1. The fourth-order valence-corrected chi connectivity index (χ4v) is 4.66. The van der Waals surface area contributed by atoms with E-state index in [-0.39, 0.29) is 5.91 Å². The zero-order chi connectivity index (χ0) is 21.3.